The molecule has 1 fully saturated rings. The van der Waals surface area contributed by atoms with Gasteiger partial charge in [-0.3, -0.25) is 9.69 Å². The molecule has 3 rings (SSSR count). The van der Waals surface area contributed by atoms with Crippen LogP contribution in [0.25, 0.3) is 0 Å². The van der Waals surface area contributed by atoms with Gasteiger partial charge in [-0.2, -0.15) is 0 Å². The quantitative estimate of drug-likeness (QED) is 0.832. The van der Waals surface area contributed by atoms with Gasteiger partial charge in [0.15, 0.2) is 0 Å². The van der Waals surface area contributed by atoms with Crippen molar-refractivity contribution in [2.45, 2.75) is 11.8 Å². The second-order valence-corrected chi connectivity index (χ2v) is 5.81. The van der Waals surface area contributed by atoms with Crippen molar-refractivity contribution in [3.63, 3.8) is 0 Å². The summed E-state index contributed by atoms with van der Waals surface area (Å²) < 4.78 is 13.1. The molecular weight excluding hydrogens is 273 g/mol. The summed E-state index contributed by atoms with van der Waals surface area (Å²) in [5.74, 6) is 0.654. The van der Waals surface area contributed by atoms with E-state index in [0.717, 1.165) is 17.0 Å². The molecule has 20 heavy (non-hydrogen) atoms. The lowest BCUT2D eigenvalue weighted by Crippen LogP contribution is -2.37. The van der Waals surface area contributed by atoms with Gasteiger partial charge in [-0.25, -0.2) is 4.39 Å². The molecule has 1 saturated heterocycles. The first-order chi connectivity index (χ1) is 9.75. The first-order valence-corrected chi connectivity index (χ1v) is 7.55. The van der Waals surface area contributed by atoms with Gasteiger partial charge in [0.1, 0.15) is 11.2 Å². The van der Waals surface area contributed by atoms with Crippen LogP contribution in [0.5, 0.6) is 0 Å². The van der Waals surface area contributed by atoms with E-state index >= 15 is 0 Å². The van der Waals surface area contributed by atoms with Gasteiger partial charge in [-0.05, 0) is 29.8 Å². The number of thioether (sulfide) groups is 1. The third-order valence-electron chi connectivity index (χ3n) is 3.28. The van der Waals surface area contributed by atoms with Crippen molar-refractivity contribution in [3.8, 4) is 0 Å². The number of nitrogens with zero attached hydrogens (tertiary/aromatic N) is 1. The van der Waals surface area contributed by atoms with Crippen molar-refractivity contribution in [1.29, 1.82) is 0 Å². The Bertz CT molecular complexity index is 600. The Labute approximate surface area is 121 Å². The van der Waals surface area contributed by atoms with Crippen LogP contribution in [-0.4, -0.2) is 11.7 Å². The van der Waals surface area contributed by atoms with Crippen LogP contribution in [0.2, 0.25) is 0 Å². The molecule has 1 heterocycles. The summed E-state index contributed by atoms with van der Waals surface area (Å²) in [5.41, 5.74) is 1.84. The van der Waals surface area contributed by atoms with Crippen LogP contribution in [-0.2, 0) is 4.79 Å². The highest BCUT2D eigenvalue weighted by Gasteiger charge is 2.30. The van der Waals surface area contributed by atoms with Gasteiger partial charge >= 0.3 is 0 Å². The molecule has 0 bridgehead atoms. The van der Waals surface area contributed by atoms with E-state index in [1.54, 1.807) is 28.8 Å². The minimum Gasteiger partial charge on any atom is -0.296 e. The smallest absolute Gasteiger partial charge is 0.229 e. The van der Waals surface area contributed by atoms with Gasteiger partial charge < -0.3 is 0 Å². The van der Waals surface area contributed by atoms with Crippen LogP contribution in [0.3, 0.4) is 0 Å². The van der Waals surface area contributed by atoms with Crippen LogP contribution in [0.15, 0.2) is 54.6 Å². The number of para-hydroxylation sites is 1. The molecule has 0 radical (unpaired) electrons. The molecule has 1 aliphatic heterocycles. The maximum Gasteiger partial charge on any atom is 0.229 e. The number of hydrogen-bond acceptors (Lipinski definition) is 2. The summed E-state index contributed by atoms with van der Waals surface area (Å²) in [6.07, 6.45) is 0.539. The average Bonchev–Trinajstić information content (AvgIpc) is 2.49. The number of benzene rings is 2. The second kappa shape index (κ2) is 5.67. The van der Waals surface area contributed by atoms with Crippen LogP contribution in [0, 0.1) is 5.82 Å². The maximum atomic E-state index is 13.1. The number of carbonyl (C=O) groups is 1. The molecule has 0 N–H and O–H groups in total. The number of anilines is 1. The Morgan fingerprint density at radius 3 is 2.45 bits per heavy atom. The summed E-state index contributed by atoms with van der Waals surface area (Å²) in [6, 6.07) is 16.0. The predicted molar refractivity (Wildman–Crippen MR) is 80.1 cm³/mol. The van der Waals surface area contributed by atoms with Gasteiger partial charge in [0.25, 0.3) is 0 Å². The standard InChI is InChI=1S/C16H14FNOS/c17-13-8-6-12(7-9-13)16-18(15(19)10-11-20-16)14-4-2-1-3-5-14/h1-9,16H,10-11H2. The zero-order valence-electron chi connectivity index (χ0n) is 10.8. The van der Waals surface area contributed by atoms with Gasteiger partial charge in [-0.1, -0.05) is 30.3 Å². The normalized spacial score (nSPS) is 19.1. The molecule has 2 nitrogen and oxygen atoms in total. The van der Waals surface area contributed by atoms with Crippen molar-refractivity contribution in [2.75, 3.05) is 10.7 Å². The number of hydrogen-bond donors (Lipinski definition) is 0. The molecular formula is C16H14FNOS. The Morgan fingerprint density at radius 1 is 1.05 bits per heavy atom. The molecule has 0 aliphatic carbocycles. The summed E-state index contributed by atoms with van der Waals surface area (Å²) in [4.78, 5) is 14.1. The van der Waals surface area contributed by atoms with Crippen molar-refractivity contribution < 1.29 is 9.18 Å². The lowest BCUT2D eigenvalue weighted by Gasteiger charge is -2.35. The van der Waals surface area contributed by atoms with Crippen LogP contribution in [0.4, 0.5) is 10.1 Å². The SMILES string of the molecule is O=C1CCSC(c2ccc(F)cc2)N1c1ccccc1. The molecule has 4 heteroatoms. The lowest BCUT2D eigenvalue weighted by atomic mass is 10.1. The van der Waals surface area contributed by atoms with E-state index in [2.05, 4.69) is 0 Å². The van der Waals surface area contributed by atoms with E-state index in [9.17, 15) is 9.18 Å². The third kappa shape index (κ3) is 2.56. The highest BCUT2D eigenvalue weighted by Crippen LogP contribution is 2.40. The largest absolute Gasteiger partial charge is 0.296 e. The second-order valence-electron chi connectivity index (χ2n) is 4.62. The third-order valence-corrected chi connectivity index (χ3v) is 4.52. The van der Waals surface area contributed by atoms with Crippen molar-refractivity contribution in [3.05, 3.63) is 66.0 Å². The van der Waals surface area contributed by atoms with Gasteiger partial charge in [0, 0.05) is 17.9 Å². The highest BCUT2D eigenvalue weighted by atomic mass is 32.2. The Hall–Kier alpha value is -1.81. The fourth-order valence-corrected chi connectivity index (χ4v) is 3.58. The molecule has 1 amide bonds. The minimum atomic E-state index is -0.257. The Balaban J connectivity index is 1.98. The Morgan fingerprint density at radius 2 is 1.75 bits per heavy atom. The van der Waals surface area contributed by atoms with E-state index in [0.29, 0.717) is 6.42 Å². The number of amides is 1. The van der Waals surface area contributed by atoms with Crippen LogP contribution >= 0.6 is 11.8 Å². The summed E-state index contributed by atoms with van der Waals surface area (Å²) in [6.45, 7) is 0. The van der Waals surface area contributed by atoms with Crippen molar-refractivity contribution in [1.82, 2.24) is 0 Å². The number of carbonyl (C=O) groups excluding carboxylic acids is 1. The van der Waals surface area contributed by atoms with E-state index in [4.69, 9.17) is 0 Å². The van der Waals surface area contributed by atoms with E-state index in [1.807, 2.05) is 30.3 Å². The molecule has 102 valence electrons. The van der Waals surface area contributed by atoms with E-state index in [1.165, 1.54) is 12.1 Å². The molecule has 1 unspecified atom stereocenters. The van der Waals surface area contributed by atoms with Crippen molar-refractivity contribution in [2.24, 2.45) is 0 Å². The first kappa shape index (κ1) is 13.2. The molecule has 0 aromatic heterocycles. The zero-order chi connectivity index (χ0) is 13.9. The van der Waals surface area contributed by atoms with E-state index < -0.39 is 0 Å². The van der Waals surface area contributed by atoms with Gasteiger partial charge in [-0.15, -0.1) is 11.8 Å². The fraction of sp³-hybridized carbons (Fsp3) is 0.188. The number of rotatable bonds is 2. The fourth-order valence-electron chi connectivity index (χ4n) is 2.32. The first-order valence-electron chi connectivity index (χ1n) is 6.50. The van der Waals surface area contributed by atoms with Crippen molar-refractivity contribution >= 4 is 23.4 Å². The molecule has 2 aromatic carbocycles. The highest BCUT2D eigenvalue weighted by molar-refractivity contribution is 7.99. The van der Waals surface area contributed by atoms with Gasteiger partial charge in [0.05, 0.1) is 0 Å². The monoisotopic (exact) mass is 287 g/mol. The number of halogens is 1. The summed E-state index contributed by atoms with van der Waals surface area (Å²) in [5, 5.41) is -0.0840. The molecule has 2 aromatic rings. The molecule has 1 aliphatic rings. The predicted octanol–water partition coefficient (Wildman–Crippen LogP) is 3.99. The minimum absolute atomic E-state index is 0.0840. The summed E-state index contributed by atoms with van der Waals surface area (Å²) >= 11 is 1.71. The van der Waals surface area contributed by atoms with E-state index in [-0.39, 0.29) is 17.1 Å². The molecule has 0 saturated carbocycles. The topological polar surface area (TPSA) is 20.3 Å². The molecule has 0 spiro atoms. The summed E-state index contributed by atoms with van der Waals surface area (Å²) in [7, 11) is 0. The zero-order valence-corrected chi connectivity index (χ0v) is 11.6. The molecule has 1 atom stereocenters. The lowest BCUT2D eigenvalue weighted by molar-refractivity contribution is -0.118. The Kier molecular flexibility index (Phi) is 3.74. The van der Waals surface area contributed by atoms with Gasteiger partial charge in [0.2, 0.25) is 5.91 Å². The maximum absolute atomic E-state index is 13.1. The average molecular weight is 287 g/mol. The van der Waals surface area contributed by atoms with Crippen LogP contribution < -0.4 is 4.90 Å². The van der Waals surface area contributed by atoms with Crippen LogP contribution in [0.1, 0.15) is 17.4 Å².